The first-order chi connectivity index (χ1) is 9.38. The summed E-state index contributed by atoms with van der Waals surface area (Å²) >= 11 is 5.76. The van der Waals surface area contributed by atoms with Crippen LogP contribution < -0.4 is 5.32 Å². The number of rotatable bonds is 6. The molecule has 20 heavy (non-hydrogen) atoms. The van der Waals surface area contributed by atoms with E-state index in [4.69, 9.17) is 21.4 Å². The smallest absolute Gasteiger partial charge is 0.407 e. The lowest BCUT2D eigenvalue weighted by Gasteiger charge is -2.15. The highest BCUT2D eigenvalue weighted by Crippen LogP contribution is 2.11. The molecule has 0 bridgehead atoms. The summed E-state index contributed by atoms with van der Waals surface area (Å²) in [5.74, 6) is -0.915. The lowest BCUT2D eigenvalue weighted by Crippen LogP contribution is -2.42. The van der Waals surface area contributed by atoms with Crippen molar-refractivity contribution in [3.63, 3.8) is 0 Å². The number of hydrogen-bond acceptors (Lipinski definition) is 3. The van der Waals surface area contributed by atoms with Crippen molar-refractivity contribution in [3.8, 4) is 0 Å². The summed E-state index contributed by atoms with van der Waals surface area (Å²) in [5, 5.41) is 12.0. The van der Waals surface area contributed by atoms with Gasteiger partial charge >= 0.3 is 12.1 Å². The van der Waals surface area contributed by atoms with Crippen molar-refractivity contribution in [2.45, 2.75) is 26.3 Å². The van der Waals surface area contributed by atoms with Gasteiger partial charge in [0.05, 0.1) is 6.61 Å². The number of carboxylic acids is 1. The van der Waals surface area contributed by atoms with E-state index in [0.717, 1.165) is 5.56 Å². The van der Waals surface area contributed by atoms with E-state index in [1.807, 2.05) is 13.8 Å². The van der Waals surface area contributed by atoms with Crippen molar-refractivity contribution in [2.75, 3.05) is 6.61 Å². The summed E-state index contributed by atoms with van der Waals surface area (Å²) in [4.78, 5) is 22.6. The van der Waals surface area contributed by atoms with E-state index in [1.54, 1.807) is 24.3 Å². The van der Waals surface area contributed by atoms with Crippen LogP contribution in [0.15, 0.2) is 24.3 Å². The molecule has 1 atom stereocenters. The Balaban J connectivity index is 2.58. The number of alkyl carbamates (subject to hydrolysis) is 1. The summed E-state index contributed by atoms with van der Waals surface area (Å²) < 4.78 is 4.91. The van der Waals surface area contributed by atoms with Crippen LogP contribution in [0.2, 0.25) is 5.02 Å². The molecule has 1 rings (SSSR count). The molecule has 0 saturated carbocycles. The minimum absolute atomic E-state index is 0.170. The second kappa shape index (κ2) is 7.75. The zero-order chi connectivity index (χ0) is 15.1. The van der Waals surface area contributed by atoms with E-state index in [1.165, 1.54) is 0 Å². The van der Waals surface area contributed by atoms with Crippen LogP contribution in [0.3, 0.4) is 0 Å². The fourth-order valence-corrected chi connectivity index (χ4v) is 1.61. The van der Waals surface area contributed by atoms with Crippen molar-refractivity contribution in [1.82, 2.24) is 5.32 Å². The summed E-state index contributed by atoms with van der Waals surface area (Å²) in [6.07, 6.45) is -0.552. The molecule has 1 aromatic carbocycles. The van der Waals surface area contributed by atoms with Gasteiger partial charge in [0.2, 0.25) is 0 Å². The van der Waals surface area contributed by atoms with Crippen LogP contribution in [0, 0.1) is 5.92 Å². The van der Waals surface area contributed by atoms with Gasteiger partial charge in [-0.1, -0.05) is 37.6 Å². The molecule has 0 saturated heterocycles. The monoisotopic (exact) mass is 299 g/mol. The maximum absolute atomic E-state index is 11.5. The van der Waals surface area contributed by atoms with Gasteiger partial charge in [0, 0.05) is 11.4 Å². The third-order valence-electron chi connectivity index (χ3n) is 2.49. The number of carbonyl (C=O) groups excluding carboxylic acids is 1. The van der Waals surface area contributed by atoms with Crippen molar-refractivity contribution in [1.29, 1.82) is 0 Å². The molecular formula is C14H18ClNO4. The number of benzene rings is 1. The zero-order valence-electron chi connectivity index (χ0n) is 11.4. The minimum atomic E-state index is -1.11. The summed E-state index contributed by atoms with van der Waals surface area (Å²) in [6.45, 7) is 4.05. The molecule has 0 fully saturated rings. The third-order valence-corrected chi connectivity index (χ3v) is 2.74. The largest absolute Gasteiger partial charge is 0.480 e. The maximum Gasteiger partial charge on any atom is 0.407 e. The lowest BCUT2D eigenvalue weighted by molar-refractivity contribution is -0.139. The summed E-state index contributed by atoms with van der Waals surface area (Å²) in [7, 11) is 0. The lowest BCUT2D eigenvalue weighted by atomic mass is 10.1. The van der Waals surface area contributed by atoms with Crippen LogP contribution in [0.1, 0.15) is 19.4 Å². The Morgan fingerprint density at radius 1 is 1.30 bits per heavy atom. The van der Waals surface area contributed by atoms with Gasteiger partial charge in [0.25, 0.3) is 0 Å². The van der Waals surface area contributed by atoms with Gasteiger partial charge in [-0.25, -0.2) is 9.59 Å². The Hall–Kier alpha value is -1.75. The highest BCUT2D eigenvalue weighted by molar-refractivity contribution is 6.30. The maximum atomic E-state index is 11.5. The predicted molar refractivity (Wildman–Crippen MR) is 75.9 cm³/mol. The molecule has 0 aliphatic rings. The summed E-state index contributed by atoms with van der Waals surface area (Å²) in [6, 6.07) is 5.76. The van der Waals surface area contributed by atoms with E-state index < -0.39 is 18.1 Å². The van der Waals surface area contributed by atoms with E-state index in [-0.39, 0.29) is 18.9 Å². The standard InChI is InChI=1S/C14H18ClNO4/c1-9(2)8-20-14(19)16-12(13(17)18)7-10-3-5-11(15)6-4-10/h3-6,9,12H,7-8H2,1-2H3,(H,16,19)(H,17,18). The Labute approximate surface area is 122 Å². The van der Waals surface area contributed by atoms with E-state index in [0.29, 0.717) is 5.02 Å². The molecule has 0 heterocycles. The molecule has 110 valence electrons. The molecule has 1 unspecified atom stereocenters. The zero-order valence-corrected chi connectivity index (χ0v) is 12.2. The van der Waals surface area contributed by atoms with Crippen molar-refractivity contribution < 1.29 is 19.4 Å². The molecule has 5 nitrogen and oxygen atoms in total. The molecule has 1 aromatic rings. The Bertz CT molecular complexity index is 459. The molecule has 0 aromatic heterocycles. The number of hydrogen-bond donors (Lipinski definition) is 2. The van der Waals surface area contributed by atoms with Gasteiger partial charge in [0.15, 0.2) is 0 Å². The quantitative estimate of drug-likeness (QED) is 0.847. The highest BCUT2D eigenvalue weighted by Gasteiger charge is 2.21. The third kappa shape index (κ3) is 5.93. The fraction of sp³-hybridized carbons (Fsp3) is 0.429. The van der Waals surface area contributed by atoms with Crippen LogP contribution in [-0.2, 0) is 16.0 Å². The number of aliphatic carboxylic acids is 1. The topological polar surface area (TPSA) is 75.6 Å². The van der Waals surface area contributed by atoms with Crippen molar-refractivity contribution in [3.05, 3.63) is 34.9 Å². The number of carbonyl (C=O) groups is 2. The first kappa shape index (κ1) is 16.3. The van der Waals surface area contributed by atoms with Crippen LogP contribution in [0.25, 0.3) is 0 Å². The number of ether oxygens (including phenoxy) is 1. The highest BCUT2D eigenvalue weighted by atomic mass is 35.5. The normalized spacial score (nSPS) is 12.0. The van der Waals surface area contributed by atoms with Crippen LogP contribution in [-0.4, -0.2) is 29.8 Å². The Kier molecular flexibility index (Phi) is 6.31. The second-order valence-electron chi connectivity index (χ2n) is 4.86. The minimum Gasteiger partial charge on any atom is -0.480 e. The Morgan fingerprint density at radius 3 is 2.40 bits per heavy atom. The van der Waals surface area contributed by atoms with Gasteiger partial charge in [-0.05, 0) is 23.6 Å². The SMILES string of the molecule is CC(C)COC(=O)NC(Cc1ccc(Cl)cc1)C(=O)O. The summed E-state index contributed by atoms with van der Waals surface area (Å²) in [5.41, 5.74) is 0.769. The molecule has 6 heteroatoms. The van der Waals surface area contributed by atoms with Gasteiger partial charge in [-0.15, -0.1) is 0 Å². The van der Waals surface area contributed by atoms with E-state index >= 15 is 0 Å². The van der Waals surface area contributed by atoms with E-state index in [9.17, 15) is 9.59 Å². The van der Waals surface area contributed by atoms with Crippen molar-refractivity contribution >= 4 is 23.7 Å². The first-order valence-electron chi connectivity index (χ1n) is 6.29. The molecule has 0 aliphatic carbocycles. The first-order valence-corrected chi connectivity index (χ1v) is 6.67. The van der Waals surface area contributed by atoms with Gasteiger partial charge in [-0.3, -0.25) is 0 Å². The average molecular weight is 300 g/mol. The molecule has 2 N–H and O–H groups in total. The van der Waals surface area contributed by atoms with Crippen LogP contribution >= 0.6 is 11.6 Å². The van der Waals surface area contributed by atoms with Crippen LogP contribution in [0.5, 0.6) is 0 Å². The molecule has 0 radical (unpaired) electrons. The molecule has 1 amide bonds. The van der Waals surface area contributed by atoms with E-state index in [2.05, 4.69) is 5.32 Å². The number of halogens is 1. The van der Waals surface area contributed by atoms with Gasteiger partial charge in [-0.2, -0.15) is 0 Å². The molecular weight excluding hydrogens is 282 g/mol. The average Bonchev–Trinajstić information content (AvgIpc) is 2.38. The predicted octanol–water partition coefficient (Wildman–Crippen LogP) is 2.72. The Morgan fingerprint density at radius 2 is 1.90 bits per heavy atom. The van der Waals surface area contributed by atoms with Gasteiger partial charge in [0.1, 0.15) is 6.04 Å². The fourth-order valence-electron chi connectivity index (χ4n) is 1.48. The van der Waals surface area contributed by atoms with Gasteiger partial charge < -0.3 is 15.2 Å². The number of amides is 1. The number of carboxylic acid groups (broad SMARTS) is 1. The molecule has 0 spiro atoms. The number of nitrogens with one attached hydrogen (secondary N) is 1. The second-order valence-corrected chi connectivity index (χ2v) is 5.29. The van der Waals surface area contributed by atoms with Crippen LogP contribution in [0.4, 0.5) is 4.79 Å². The van der Waals surface area contributed by atoms with Crippen molar-refractivity contribution in [2.24, 2.45) is 5.92 Å². The molecule has 0 aliphatic heterocycles.